The summed E-state index contributed by atoms with van der Waals surface area (Å²) in [4.78, 5) is 11.3. The molecule has 2 N–H and O–H groups in total. The predicted molar refractivity (Wildman–Crippen MR) is 63.9 cm³/mol. The largest absolute Gasteiger partial charge is 0.469 e. The average Bonchev–Trinajstić information content (AvgIpc) is 2.31. The lowest BCUT2D eigenvalue weighted by molar-refractivity contribution is -0.144. The van der Waals surface area contributed by atoms with E-state index in [-0.39, 0.29) is 23.3 Å². The predicted octanol–water partition coefficient (Wildman–Crippen LogP) is 1.30. The lowest BCUT2D eigenvalue weighted by atomic mass is 10.0. The van der Waals surface area contributed by atoms with E-state index < -0.39 is 17.7 Å². The van der Waals surface area contributed by atoms with E-state index in [2.05, 4.69) is 4.74 Å². The van der Waals surface area contributed by atoms with E-state index in [4.69, 9.17) is 10.8 Å². The molecule has 0 saturated carbocycles. The van der Waals surface area contributed by atoms with Crippen molar-refractivity contribution in [3.05, 3.63) is 29.1 Å². The van der Waals surface area contributed by atoms with Gasteiger partial charge in [-0.25, -0.2) is 4.39 Å². The molecule has 5 nitrogen and oxygen atoms in total. The number of ether oxygens (including phenoxy) is 1. The molecule has 0 radical (unpaired) electrons. The molecular formula is C12H16FN3O2. The molecule has 0 aliphatic carbocycles. The molecule has 0 aliphatic heterocycles. The van der Waals surface area contributed by atoms with E-state index in [1.165, 1.54) is 20.1 Å². The second kappa shape index (κ2) is 5.57. The van der Waals surface area contributed by atoms with E-state index in [1.54, 1.807) is 6.92 Å². The van der Waals surface area contributed by atoms with Crippen LogP contribution in [0.25, 0.3) is 0 Å². The van der Waals surface area contributed by atoms with Crippen molar-refractivity contribution in [2.45, 2.75) is 20.3 Å². The number of hydrogen-bond donors (Lipinski definition) is 2. The van der Waals surface area contributed by atoms with Crippen LogP contribution in [0.1, 0.15) is 19.4 Å². The van der Waals surface area contributed by atoms with Gasteiger partial charge in [-0.05, 0) is 25.0 Å². The monoisotopic (exact) mass is 253 g/mol. The molecule has 1 heterocycles. The molecule has 1 rings (SSSR count). The first-order valence-electron chi connectivity index (χ1n) is 5.45. The van der Waals surface area contributed by atoms with Crippen LogP contribution in [0.4, 0.5) is 4.39 Å². The Labute approximate surface area is 104 Å². The summed E-state index contributed by atoms with van der Waals surface area (Å²) in [5.74, 6) is -1.36. The van der Waals surface area contributed by atoms with Gasteiger partial charge >= 0.3 is 5.97 Å². The zero-order valence-corrected chi connectivity index (χ0v) is 10.6. The number of methoxy groups -OCH3 is 1. The van der Waals surface area contributed by atoms with Crippen LogP contribution in [0, 0.1) is 22.6 Å². The maximum atomic E-state index is 13.8. The molecule has 18 heavy (non-hydrogen) atoms. The van der Waals surface area contributed by atoms with Gasteiger partial charge in [0.1, 0.15) is 17.1 Å². The van der Waals surface area contributed by atoms with Gasteiger partial charge in [0.25, 0.3) is 0 Å². The van der Waals surface area contributed by atoms with Gasteiger partial charge in [-0.3, -0.25) is 20.2 Å². The van der Waals surface area contributed by atoms with Crippen molar-refractivity contribution in [3.8, 4) is 0 Å². The summed E-state index contributed by atoms with van der Waals surface area (Å²) in [6.07, 6.45) is 1.26. The van der Waals surface area contributed by atoms with Crippen LogP contribution < -0.4 is 5.49 Å². The fourth-order valence-corrected chi connectivity index (χ4v) is 1.62. The molecule has 0 fully saturated rings. The number of nitrogens with one attached hydrogen (secondary N) is 2. The van der Waals surface area contributed by atoms with Gasteiger partial charge in [0.15, 0.2) is 0 Å². The van der Waals surface area contributed by atoms with Crippen molar-refractivity contribution >= 4 is 11.8 Å². The first-order valence-corrected chi connectivity index (χ1v) is 5.45. The van der Waals surface area contributed by atoms with E-state index in [0.29, 0.717) is 0 Å². The highest BCUT2D eigenvalue weighted by Gasteiger charge is 2.16. The second-order valence-corrected chi connectivity index (χ2v) is 4.12. The summed E-state index contributed by atoms with van der Waals surface area (Å²) in [7, 11) is 1.28. The summed E-state index contributed by atoms with van der Waals surface area (Å²) < 4.78 is 19.5. The Morgan fingerprint density at radius 2 is 2.22 bits per heavy atom. The summed E-state index contributed by atoms with van der Waals surface area (Å²) in [6, 6.07) is 1.33. The minimum Gasteiger partial charge on any atom is -0.469 e. The lowest BCUT2D eigenvalue weighted by Gasteiger charge is -2.12. The Morgan fingerprint density at radius 1 is 1.61 bits per heavy atom. The number of carbonyl (C=O) groups excluding carboxylic acids is 1. The number of halogens is 1. The number of rotatable bonds is 3. The fourth-order valence-electron chi connectivity index (χ4n) is 1.62. The van der Waals surface area contributed by atoms with E-state index in [1.807, 2.05) is 0 Å². The van der Waals surface area contributed by atoms with Crippen molar-refractivity contribution in [2.75, 3.05) is 7.11 Å². The Kier molecular flexibility index (Phi) is 4.36. The molecule has 0 spiro atoms. The summed E-state index contributed by atoms with van der Waals surface area (Å²) in [6.45, 7) is 3.10. The number of nitrogens with zero attached hydrogens (tertiary/aromatic N) is 1. The summed E-state index contributed by atoms with van der Waals surface area (Å²) >= 11 is 0. The normalized spacial score (nSPS) is 12.0. The van der Waals surface area contributed by atoms with E-state index >= 15 is 0 Å². The quantitative estimate of drug-likeness (QED) is 0.484. The third-order valence-corrected chi connectivity index (χ3v) is 2.61. The minimum absolute atomic E-state index is 0.0102. The molecular weight excluding hydrogens is 237 g/mol. The zero-order chi connectivity index (χ0) is 13.9. The van der Waals surface area contributed by atoms with Gasteiger partial charge < -0.3 is 4.74 Å². The molecule has 0 saturated heterocycles. The Balaban J connectivity index is 3.06. The number of carbonyl (C=O) groups is 1. The number of aromatic nitrogens is 1. The molecule has 0 aliphatic rings. The zero-order valence-electron chi connectivity index (χ0n) is 10.6. The third-order valence-electron chi connectivity index (χ3n) is 2.61. The van der Waals surface area contributed by atoms with Crippen LogP contribution in [0.15, 0.2) is 12.3 Å². The standard InChI is InChI=1S/C12H16FN3O2/c1-7(12(17)18-3)4-9-5-11(15)16(8(2)14)6-10(9)13/h5-7,14-15H,4H2,1-3H3. The minimum atomic E-state index is -0.534. The van der Waals surface area contributed by atoms with E-state index in [0.717, 1.165) is 10.8 Å². The van der Waals surface area contributed by atoms with Crippen LogP contribution in [-0.2, 0) is 16.0 Å². The molecule has 1 unspecified atom stereocenters. The maximum absolute atomic E-state index is 13.8. The van der Waals surface area contributed by atoms with Gasteiger partial charge in [0.2, 0.25) is 0 Å². The van der Waals surface area contributed by atoms with Gasteiger partial charge in [-0.1, -0.05) is 6.92 Å². The van der Waals surface area contributed by atoms with Crippen LogP contribution >= 0.6 is 0 Å². The van der Waals surface area contributed by atoms with E-state index in [9.17, 15) is 9.18 Å². The Hall–Kier alpha value is -1.98. The van der Waals surface area contributed by atoms with Crippen LogP contribution in [0.2, 0.25) is 0 Å². The topological polar surface area (TPSA) is 78.9 Å². The van der Waals surface area contributed by atoms with Crippen molar-refractivity contribution in [1.29, 1.82) is 10.8 Å². The van der Waals surface area contributed by atoms with Gasteiger partial charge in [-0.15, -0.1) is 0 Å². The molecule has 0 bridgehead atoms. The first-order chi connectivity index (χ1) is 8.36. The Morgan fingerprint density at radius 3 is 2.72 bits per heavy atom. The van der Waals surface area contributed by atoms with Crippen LogP contribution in [0.3, 0.4) is 0 Å². The van der Waals surface area contributed by atoms with Gasteiger partial charge in [0.05, 0.1) is 13.0 Å². The van der Waals surface area contributed by atoms with Crippen molar-refractivity contribution in [1.82, 2.24) is 4.57 Å². The molecule has 98 valence electrons. The van der Waals surface area contributed by atoms with Crippen LogP contribution in [-0.4, -0.2) is 23.5 Å². The summed E-state index contributed by atoms with van der Waals surface area (Å²) in [5.41, 5.74) is 0.284. The average molecular weight is 253 g/mol. The first kappa shape index (κ1) is 14.1. The molecule has 0 amide bonds. The smallest absolute Gasteiger partial charge is 0.308 e. The molecule has 1 atom stereocenters. The highest BCUT2D eigenvalue weighted by Crippen LogP contribution is 2.12. The SMILES string of the molecule is COC(=O)C(C)Cc1cc(=N)n(C(C)=N)cc1F. The van der Waals surface area contributed by atoms with Crippen molar-refractivity contribution in [2.24, 2.45) is 5.92 Å². The number of hydrogen-bond acceptors (Lipinski definition) is 4. The molecule has 1 aromatic heterocycles. The maximum Gasteiger partial charge on any atom is 0.308 e. The van der Waals surface area contributed by atoms with Crippen molar-refractivity contribution in [3.63, 3.8) is 0 Å². The number of esters is 1. The molecule has 6 heteroatoms. The third kappa shape index (κ3) is 3.03. The second-order valence-electron chi connectivity index (χ2n) is 4.12. The number of pyridine rings is 1. The van der Waals surface area contributed by atoms with Gasteiger partial charge in [0, 0.05) is 6.20 Å². The molecule has 1 aromatic rings. The summed E-state index contributed by atoms with van der Waals surface area (Å²) in [5, 5.41) is 15.1. The fraction of sp³-hybridized carbons (Fsp3) is 0.417. The van der Waals surface area contributed by atoms with Gasteiger partial charge in [-0.2, -0.15) is 0 Å². The highest BCUT2D eigenvalue weighted by molar-refractivity contribution is 5.78. The molecule has 0 aromatic carbocycles. The van der Waals surface area contributed by atoms with Crippen molar-refractivity contribution < 1.29 is 13.9 Å². The Bertz CT molecular complexity index is 537. The highest BCUT2D eigenvalue weighted by atomic mass is 19.1. The lowest BCUT2D eigenvalue weighted by Crippen LogP contribution is -2.26. The van der Waals surface area contributed by atoms with Crippen LogP contribution in [0.5, 0.6) is 0 Å².